The Hall–Kier alpha value is -4.04. The van der Waals surface area contributed by atoms with Gasteiger partial charge in [0.2, 0.25) is 0 Å². The van der Waals surface area contributed by atoms with Crippen LogP contribution in [-0.2, 0) is 0 Å². The van der Waals surface area contributed by atoms with Crippen LogP contribution in [-0.4, -0.2) is 36.2 Å². The van der Waals surface area contributed by atoms with Crippen molar-refractivity contribution < 1.29 is 0 Å². The fourth-order valence-corrected chi connectivity index (χ4v) is 4.74. The van der Waals surface area contributed by atoms with Crippen LogP contribution in [0.1, 0.15) is 13.8 Å². The van der Waals surface area contributed by atoms with Crippen LogP contribution in [0.25, 0.3) is 55.3 Å². The minimum Gasteiger partial charge on any atom is -0.382 e. The van der Waals surface area contributed by atoms with E-state index in [1.165, 1.54) is 4.88 Å². The molecule has 0 amide bonds. The van der Waals surface area contributed by atoms with Crippen molar-refractivity contribution >= 4 is 39.1 Å². The van der Waals surface area contributed by atoms with Gasteiger partial charge in [-0.3, -0.25) is 10.1 Å². The third kappa shape index (κ3) is 3.54. The second kappa shape index (κ2) is 7.83. The lowest BCUT2D eigenvalue weighted by Crippen LogP contribution is -2.09. The van der Waals surface area contributed by atoms with Crippen molar-refractivity contribution in [3.8, 4) is 33.2 Å². The molecule has 0 radical (unpaired) electrons. The summed E-state index contributed by atoms with van der Waals surface area (Å²) in [6, 6.07) is 16.7. The standard InChI is InChI=1S/C25H21N7S/c1-14(2)27-16-11-15(12-26-13-16)18-8-9-20-23(28-18)24(32-31-20)25-29-19-6-3-5-17(22(19)30-25)21-7-4-10-33-21/h3-14,27H,1-2H3,(H,29,30)(H,31,32). The molecule has 0 saturated heterocycles. The smallest absolute Gasteiger partial charge is 0.161 e. The lowest BCUT2D eigenvalue weighted by Gasteiger charge is -2.10. The van der Waals surface area contributed by atoms with Crippen LogP contribution in [0.4, 0.5) is 5.69 Å². The summed E-state index contributed by atoms with van der Waals surface area (Å²) in [4.78, 5) is 18.8. The van der Waals surface area contributed by atoms with Crippen LogP contribution in [0.2, 0.25) is 0 Å². The number of nitrogens with one attached hydrogen (secondary N) is 3. The van der Waals surface area contributed by atoms with Gasteiger partial charge < -0.3 is 10.3 Å². The molecule has 6 rings (SSSR count). The largest absolute Gasteiger partial charge is 0.382 e. The van der Waals surface area contributed by atoms with E-state index in [2.05, 4.69) is 69.0 Å². The number of benzene rings is 1. The Morgan fingerprint density at radius 3 is 2.73 bits per heavy atom. The molecule has 0 atom stereocenters. The molecule has 0 spiro atoms. The number of hydrogen-bond donors (Lipinski definition) is 3. The molecule has 0 aliphatic carbocycles. The van der Waals surface area contributed by atoms with Crippen molar-refractivity contribution in [1.29, 1.82) is 0 Å². The molecular formula is C25H21N7S. The first-order chi connectivity index (χ1) is 16.2. The Morgan fingerprint density at radius 2 is 1.88 bits per heavy atom. The van der Waals surface area contributed by atoms with Crippen molar-refractivity contribution in [2.75, 3.05) is 5.32 Å². The molecule has 1 aromatic carbocycles. The Bertz CT molecular complexity index is 1580. The maximum atomic E-state index is 4.93. The number of para-hydroxylation sites is 1. The van der Waals surface area contributed by atoms with Gasteiger partial charge in [0.15, 0.2) is 11.5 Å². The Labute approximate surface area is 194 Å². The maximum Gasteiger partial charge on any atom is 0.161 e. The minimum atomic E-state index is 0.324. The minimum absolute atomic E-state index is 0.324. The van der Waals surface area contributed by atoms with E-state index in [-0.39, 0.29) is 0 Å². The van der Waals surface area contributed by atoms with Crippen molar-refractivity contribution in [2.45, 2.75) is 19.9 Å². The highest BCUT2D eigenvalue weighted by Crippen LogP contribution is 2.33. The van der Waals surface area contributed by atoms with E-state index in [0.717, 1.165) is 44.6 Å². The number of H-pyrrole nitrogens is 2. The van der Waals surface area contributed by atoms with Gasteiger partial charge in [-0.05, 0) is 49.6 Å². The third-order valence-corrected chi connectivity index (χ3v) is 6.32. The number of hydrogen-bond acceptors (Lipinski definition) is 6. The van der Waals surface area contributed by atoms with E-state index in [9.17, 15) is 0 Å². The number of fused-ring (bicyclic) bond motifs is 2. The molecule has 33 heavy (non-hydrogen) atoms. The molecule has 0 aliphatic rings. The molecule has 5 aromatic heterocycles. The summed E-state index contributed by atoms with van der Waals surface area (Å²) in [5, 5.41) is 13.1. The van der Waals surface area contributed by atoms with Gasteiger partial charge in [0.25, 0.3) is 0 Å². The van der Waals surface area contributed by atoms with Gasteiger partial charge in [0.1, 0.15) is 5.52 Å². The monoisotopic (exact) mass is 451 g/mol. The number of aromatic nitrogens is 6. The molecule has 6 aromatic rings. The van der Waals surface area contributed by atoms with Gasteiger partial charge in [-0.15, -0.1) is 11.3 Å². The average molecular weight is 452 g/mol. The van der Waals surface area contributed by atoms with Crippen LogP contribution in [0, 0.1) is 0 Å². The van der Waals surface area contributed by atoms with E-state index in [4.69, 9.17) is 9.97 Å². The second-order valence-corrected chi connectivity index (χ2v) is 9.14. The van der Waals surface area contributed by atoms with Gasteiger partial charge in [-0.25, -0.2) is 9.97 Å². The SMILES string of the molecule is CC(C)Nc1cncc(-c2ccc3[nH]nc(-c4nc5c(-c6cccs6)cccc5[nH]4)c3n2)c1. The van der Waals surface area contributed by atoms with Crippen LogP contribution in [0.5, 0.6) is 0 Å². The van der Waals surface area contributed by atoms with Crippen molar-refractivity contribution in [1.82, 2.24) is 30.1 Å². The molecule has 5 heterocycles. The first kappa shape index (κ1) is 19.6. The van der Waals surface area contributed by atoms with Crippen LogP contribution in [0.3, 0.4) is 0 Å². The number of pyridine rings is 2. The average Bonchev–Trinajstić information content (AvgIpc) is 3.57. The molecule has 0 bridgehead atoms. The lowest BCUT2D eigenvalue weighted by atomic mass is 10.1. The Balaban J connectivity index is 1.45. The lowest BCUT2D eigenvalue weighted by molar-refractivity contribution is 0.898. The van der Waals surface area contributed by atoms with Gasteiger partial charge in [0, 0.05) is 34.4 Å². The van der Waals surface area contributed by atoms with Crippen LogP contribution in [0.15, 0.2) is 66.3 Å². The molecule has 0 saturated carbocycles. The molecule has 0 aliphatic heterocycles. The molecule has 0 unspecified atom stereocenters. The number of imidazole rings is 1. The summed E-state index contributed by atoms with van der Waals surface area (Å²) in [6.45, 7) is 4.21. The van der Waals surface area contributed by atoms with Gasteiger partial charge in [0.05, 0.1) is 27.9 Å². The number of nitrogens with zero attached hydrogens (tertiary/aromatic N) is 4. The highest BCUT2D eigenvalue weighted by molar-refractivity contribution is 7.13. The topological polar surface area (TPSA) is 95.2 Å². The quantitative estimate of drug-likeness (QED) is 0.294. The zero-order valence-electron chi connectivity index (χ0n) is 18.1. The first-order valence-corrected chi connectivity index (χ1v) is 11.6. The van der Waals surface area contributed by atoms with Crippen LogP contribution >= 0.6 is 11.3 Å². The predicted octanol–water partition coefficient (Wildman–Crippen LogP) is 6.11. The number of anilines is 1. The summed E-state index contributed by atoms with van der Waals surface area (Å²) in [7, 11) is 0. The van der Waals surface area contributed by atoms with E-state index in [1.54, 1.807) is 11.3 Å². The normalized spacial score (nSPS) is 11.6. The summed E-state index contributed by atoms with van der Waals surface area (Å²) < 4.78 is 0. The van der Waals surface area contributed by atoms with E-state index in [1.807, 2.05) is 36.7 Å². The number of aromatic amines is 2. The van der Waals surface area contributed by atoms with Crippen LogP contribution < -0.4 is 5.32 Å². The molecule has 0 fully saturated rings. The zero-order chi connectivity index (χ0) is 22.4. The summed E-state index contributed by atoms with van der Waals surface area (Å²) in [5.74, 6) is 0.693. The Morgan fingerprint density at radius 1 is 0.939 bits per heavy atom. The Kier molecular flexibility index (Phi) is 4.66. The van der Waals surface area contributed by atoms with Crippen molar-refractivity contribution in [3.05, 3.63) is 66.3 Å². The van der Waals surface area contributed by atoms with Crippen molar-refractivity contribution in [2.24, 2.45) is 0 Å². The van der Waals surface area contributed by atoms with E-state index >= 15 is 0 Å². The highest BCUT2D eigenvalue weighted by Gasteiger charge is 2.17. The summed E-state index contributed by atoms with van der Waals surface area (Å²) >= 11 is 1.71. The predicted molar refractivity (Wildman–Crippen MR) is 134 cm³/mol. The van der Waals surface area contributed by atoms with Crippen molar-refractivity contribution in [3.63, 3.8) is 0 Å². The number of thiophene rings is 1. The van der Waals surface area contributed by atoms with Gasteiger partial charge in [-0.1, -0.05) is 18.2 Å². The van der Waals surface area contributed by atoms with Gasteiger partial charge in [-0.2, -0.15) is 5.10 Å². The zero-order valence-corrected chi connectivity index (χ0v) is 18.9. The van der Waals surface area contributed by atoms with E-state index in [0.29, 0.717) is 17.6 Å². The summed E-state index contributed by atoms with van der Waals surface area (Å²) in [6.07, 6.45) is 3.65. The number of rotatable bonds is 5. The molecule has 162 valence electrons. The van der Waals surface area contributed by atoms with Gasteiger partial charge >= 0.3 is 0 Å². The highest BCUT2D eigenvalue weighted by atomic mass is 32.1. The molecule has 7 nitrogen and oxygen atoms in total. The van der Waals surface area contributed by atoms with E-state index < -0.39 is 0 Å². The second-order valence-electron chi connectivity index (χ2n) is 8.19. The fourth-order valence-electron chi connectivity index (χ4n) is 3.99. The molecule has 3 N–H and O–H groups in total. The molecule has 8 heteroatoms. The maximum absolute atomic E-state index is 4.93. The fraction of sp³-hybridized carbons (Fsp3) is 0.120. The molecular weight excluding hydrogens is 430 g/mol. The third-order valence-electron chi connectivity index (χ3n) is 5.42. The first-order valence-electron chi connectivity index (χ1n) is 10.8. The summed E-state index contributed by atoms with van der Waals surface area (Å²) in [5.41, 5.74) is 8.08.